The first-order valence-corrected chi connectivity index (χ1v) is 10.8. The van der Waals surface area contributed by atoms with E-state index in [-0.39, 0.29) is 11.8 Å². The summed E-state index contributed by atoms with van der Waals surface area (Å²) in [7, 11) is 5.82. The van der Waals surface area contributed by atoms with Crippen molar-refractivity contribution in [2.24, 2.45) is 0 Å². The lowest BCUT2D eigenvalue weighted by Gasteiger charge is -2.18. The zero-order valence-corrected chi connectivity index (χ0v) is 18.1. The molecule has 154 valence electrons. The summed E-state index contributed by atoms with van der Waals surface area (Å²) in [6, 6.07) is 11.8. The summed E-state index contributed by atoms with van der Waals surface area (Å²) in [5.74, 6) is 0.409. The Kier molecular flexibility index (Phi) is 7.14. The van der Waals surface area contributed by atoms with Crippen LogP contribution < -0.4 is 4.90 Å². The van der Waals surface area contributed by atoms with Gasteiger partial charge in [0.2, 0.25) is 5.91 Å². The first kappa shape index (κ1) is 21.2. The van der Waals surface area contributed by atoms with Gasteiger partial charge in [0.05, 0.1) is 16.3 Å². The standard InChI is InChI=1S/C22H28N4O2S/c1-24(2)19-9-6-17(7-10-19)15-25(3)21(27)16-29-20-11-8-18(14-23-20)22(28)26-12-4-5-13-26/h6-11,14H,4-5,12-13,15-16H2,1-3H3. The zero-order valence-electron chi connectivity index (χ0n) is 17.3. The number of amides is 2. The van der Waals surface area contributed by atoms with Gasteiger partial charge in [-0.1, -0.05) is 23.9 Å². The lowest BCUT2D eigenvalue weighted by Crippen LogP contribution is -2.28. The predicted molar refractivity (Wildman–Crippen MR) is 117 cm³/mol. The number of hydrogen-bond acceptors (Lipinski definition) is 5. The van der Waals surface area contributed by atoms with Crippen molar-refractivity contribution in [3.63, 3.8) is 0 Å². The number of carbonyl (C=O) groups excluding carboxylic acids is 2. The third-order valence-electron chi connectivity index (χ3n) is 5.02. The highest BCUT2D eigenvalue weighted by atomic mass is 32.2. The molecular weight excluding hydrogens is 384 g/mol. The molecule has 6 nitrogen and oxygen atoms in total. The van der Waals surface area contributed by atoms with Crippen LogP contribution in [0.25, 0.3) is 0 Å². The zero-order chi connectivity index (χ0) is 20.8. The molecule has 0 spiro atoms. The molecule has 0 unspecified atom stereocenters. The fourth-order valence-corrected chi connectivity index (χ4v) is 3.99. The maximum absolute atomic E-state index is 12.5. The van der Waals surface area contributed by atoms with Gasteiger partial charge in [-0.15, -0.1) is 0 Å². The maximum atomic E-state index is 12.5. The van der Waals surface area contributed by atoms with Crippen LogP contribution in [0.1, 0.15) is 28.8 Å². The Morgan fingerprint density at radius 1 is 1.03 bits per heavy atom. The van der Waals surface area contributed by atoms with E-state index in [1.54, 1.807) is 17.2 Å². The fraction of sp³-hybridized carbons (Fsp3) is 0.409. The third-order valence-corrected chi connectivity index (χ3v) is 5.95. The van der Waals surface area contributed by atoms with Crippen LogP contribution in [0.4, 0.5) is 5.69 Å². The van der Waals surface area contributed by atoms with Crippen LogP contribution in [0.15, 0.2) is 47.6 Å². The molecule has 1 aliphatic rings. The van der Waals surface area contributed by atoms with Crippen LogP contribution in [0, 0.1) is 0 Å². The number of benzene rings is 1. The van der Waals surface area contributed by atoms with Gasteiger partial charge >= 0.3 is 0 Å². The molecule has 1 aliphatic heterocycles. The average Bonchev–Trinajstić information content (AvgIpc) is 3.27. The molecule has 1 saturated heterocycles. The van der Waals surface area contributed by atoms with E-state index in [0.717, 1.165) is 42.2 Å². The number of anilines is 1. The van der Waals surface area contributed by atoms with Gasteiger partial charge in [0.1, 0.15) is 0 Å². The molecule has 0 saturated carbocycles. The van der Waals surface area contributed by atoms with Gasteiger partial charge in [0.25, 0.3) is 5.91 Å². The van der Waals surface area contributed by atoms with Crippen molar-refractivity contribution in [2.75, 3.05) is 44.9 Å². The minimum Gasteiger partial charge on any atom is -0.378 e. The highest BCUT2D eigenvalue weighted by Gasteiger charge is 2.19. The van der Waals surface area contributed by atoms with E-state index >= 15 is 0 Å². The molecule has 0 N–H and O–H groups in total. The van der Waals surface area contributed by atoms with Crippen molar-refractivity contribution in [3.05, 3.63) is 53.7 Å². The number of pyridine rings is 1. The topological polar surface area (TPSA) is 56.8 Å². The molecule has 0 aliphatic carbocycles. The molecule has 3 rings (SSSR count). The van der Waals surface area contributed by atoms with Gasteiger partial charge in [0.15, 0.2) is 0 Å². The largest absolute Gasteiger partial charge is 0.378 e. The van der Waals surface area contributed by atoms with Gasteiger partial charge in [0, 0.05) is 52.7 Å². The molecule has 1 fully saturated rings. The second-order valence-electron chi connectivity index (χ2n) is 7.48. The minimum absolute atomic E-state index is 0.0441. The highest BCUT2D eigenvalue weighted by Crippen LogP contribution is 2.19. The molecule has 2 aromatic rings. The van der Waals surface area contributed by atoms with Crippen LogP contribution >= 0.6 is 11.8 Å². The Bertz CT molecular complexity index is 831. The second kappa shape index (κ2) is 9.78. The van der Waals surface area contributed by atoms with Crippen LogP contribution in [-0.2, 0) is 11.3 Å². The monoisotopic (exact) mass is 412 g/mol. The van der Waals surface area contributed by atoms with Gasteiger partial charge in [-0.3, -0.25) is 9.59 Å². The van der Waals surface area contributed by atoms with Gasteiger partial charge in [-0.25, -0.2) is 4.98 Å². The first-order chi connectivity index (χ1) is 13.9. The van der Waals surface area contributed by atoms with Crippen molar-refractivity contribution in [3.8, 4) is 0 Å². The summed E-state index contributed by atoms with van der Waals surface area (Å²) in [6.45, 7) is 2.23. The lowest BCUT2D eigenvalue weighted by atomic mass is 10.2. The molecule has 2 amide bonds. The summed E-state index contributed by atoms with van der Waals surface area (Å²) in [5.41, 5.74) is 2.84. The second-order valence-corrected chi connectivity index (χ2v) is 8.48. The number of hydrogen-bond donors (Lipinski definition) is 0. The number of rotatable bonds is 7. The van der Waals surface area contributed by atoms with E-state index in [4.69, 9.17) is 0 Å². The van der Waals surface area contributed by atoms with E-state index < -0.39 is 0 Å². The van der Waals surface area contributed by atoms with Crippen LogP contribution in [0.2, 0.25) is 0 Å². The van der Waals surface area contributed by atoms with Crippen LogP contribution in [-0.4, -0.2) is 66.6 Å². The molecular formula is C22H28N4O2S. The Labute approximate surface area is 176 Å². The molecule has 1 aromatic carbocycles. The molecule has 2 heterocycles. The number of likely N-dealkylation sites (tertiary alicyclic amines) is 1. The lowest BCUT2D eigenvalue weighted by molar-refractivity contribution is -0.127. The number of thioether (sulfide) groups is 1. The van der Waals surface area contributed by atoms with Gasteiger partial charge in [-0.2, -0.15) is 0 Å². The average molecular weight is 413 g/mol. The smallest absolute Gasteiger partial charge is 0.255 e. The SMILES string of the molecule is CN(Cc1ccc(N(C)C)cc1)C(=O)CSc1ccc(C(=O)N2CCCC2)cn1. The normalized spacial score (nSPS) is 13.4. The maximum Gasteiger partial charge on any atom is 0.255 e. The Hall–Kier alpha value is -2.54. The Balaban J connectivity index is 1.48. The Morgan fingerprint density at radius 3 is 2.31 bits per heavy atom. The summed E-state index contributed by atoms with van der Waals surface area (Å²) in [4.78, 5) is 34.8. The molecule has 0 bridgehead atoms. The number of carbonyl (C=O) groups is 2. The van der Waals surface area contributed by atoms with Crippen molar-refractivity contribution < 1.29 is 9.59 Å². The van der Waals surface area contributed by atoms with Crippen LogP contribution in [0.3, 0.4) is 0 Å². The molecule has 0 atom stereocenters. The number of aromatic nitrogens is 1. The highest BCUT2D eigenvalue weighted by molar-refractivity contribution is 7.99. The van der Waals surface area contributed by atoms with Gasteiger partial charge < -0.3 is 14.7 Å². The fourth-order valence-electron chi connectivity index (χ4n) is 3.20. The van der Waals surface area contributed by atoms with E-state index in [1.807, 2.05) is 49.1 Å². The number of nitrogens with zero attached hydrogens (tertiary/aromatic N) is 4. The summed E-state index contributed by atoms with van der Waals surface area (Å²) >= 11 is 1.39. The summed E-state index contributed by atoms with van der Waals surface area (Å²) < 4.78 is 0. The molecule has 29 heavy (non-hydrogen) atoms. The van der Waals surface area contributed by atoms with Crippen LogP contribution in [0.5, 0.6) is 0 Å². The summed E-state index contributed by atoms with van der Waals surface area (Å²) in [5, 5.41) is 0.750. The van der Waals surface area contributed by atoms with Gasteiger partial charge in [-0.05, 0) is 42.7 Å². The quantitative estimate of drug-likeness (QED) is 0.654. The molecule has 7 heteroatoms. The van der Waals surface area contributed by atoms with E-state index in [1.165, 1.54) is 11.8 Å². The van der Waals surface area contributed by atoms with Crippen molar-refractivity contribution in [1.29, 1.82) is 0 Å². The minimum atomic E-state index is 0.0441. The van der Waals surface area contributed by atoms with E-state index in [2.05, 4.69) is 17.1 Å². The van der Waals surface area contributed by atoms with E-state index in [0.29, 0.717) is 17.9 Å². The van der Waals surface area contributed by atoms with Crippen molar-refractivity contribution in [2.45, 2.75) is 24.4 Å². The predicted octanol–water partition coefficient (Wildman–Crippen LogP) is 3.13. The Morgan fingerprint density at radius 2 is 1.72 bits per heavy atom. The van der Waals surface area contributed by atoms with Crippen molar-refractivity contribution >= 4 is 29.3 Å². The summed E-state index contributed by atoms with van der Waals surface area (Å²) in [6.07, 6.45) is 3.76. The van der Waals surface area contributed by atoms with Crippen molar-refractivity contribution in [1.82, 2.24) is 14.8 Å². The van der Waals surface area contributed by atoms with E-state index in [9.17, 15) is 9.59 Å². The molecule has 0 radical (unpaired) electrons. The first-order valence-electron chi connectivity index (χ1n) is 9.82. The third kappa shape index (κ3) is 5.73. The molecule has 1 aromatic heterocycles.